The number of benzene rings is 3. The van der Waals surface area contributed by atoms with Crippen molar-refractivity contribution in [3.63, 3.8) is 0 Å². The lowest BCUT2D eigenvalue weighted by Gasteiger charge is -2.25. The third-order valence-electron chi connectivity index (χ3n) is 7.12. The Bertz CT molecular complexity index is 1400. The molecule has 0 spiro atoms. The molecule has 214 valence electrons. The van der Waals surface area contributed by atoms with Crippen LogP contribution in [-0.2, 0) is 36.8 Å². The van der Waals surface area contributed by atoms with E-state index < -0.39 is 11.9 Å². The maximum atomic E-state index is 13.6. The summed E-state index contributed by atoms with van der Waals surface area (Å²) in [5.74, 6) is -1.51. The second-order valence-corrected chi connectivity index (χ2v) is 10.1. The van der Waals surface area contributed by atoms with Crippen LogP contribution in [0.1, 0.15) is 47.1 Å². The molecule has 0 aliphatic carbocycles. The largest absolute Gasteiger partial charge is 0.481 e. The van der Waals surface area contributed by atoms with Gasteiger partial charge in [-0.3, -0.25) is 14.4 Å². The van der Waals surface area contributed by atoms with Crippen LogP contribution in [0.2, 0.25) is 0 Å². The number of amides is 2. The van der Waals surface area contributed by atoms with Crippen LogP contribution >= 0.6 is 0 Å². The molecule has 1 heterocycles. The van der Waals surface area contributed by atoms with Crippen LogP contribution in [0.4, 0.5) is 5.69 Å². The predicted octanol–water partition coefficient (Wildman–Crippen LogP) is 4.74. The first-order valence-corrected chi connectivity index (χ1v) is 13.5. The fourth-order valence-corrected chi connectivity index (χ4v) is 4.89. The fraction of sp³-hybridized carbons (Fsp3) is 0.312. The van der Waals surface area contributed by atoms with Crippen LogP contribution in [-0.4, -0.2) is 54.1 Å². The lowest BCUT2D eigenvalue weighted by Crippen LogP contribution is -2.36. The van der Waals surface area contributed by atoms with Gasteiger partial charge in [0.1, 0.15) is 0 Å². The van der Waals surface area contributed by atoms with E-state index in [1.165, 1.54) is 5.01 Å². The van der Waals surface area contributed by atoms with E-state index in [2.05, 4.69) is 10.4 Å². The molecular weight excluding hydrogens is 522 g/mol. The quantitative estimate of drug-likeness (QED) is 0.332. The van der Waals surface area contributed by atoms with Gasteiger partial charge in [-0.15, -0.1) is 5.10 Å². The minimum atomic E-state index is -0.864. The number of aryl methyl sites for hydroxylation is 1. The molecule has 3 aromatic carbocycles. The van der Waals surface area contributed by atoms with Crippen molar-refractivity contribution in [2.75, 3.05) is 25.6 Å². The standard InChI is InChI=1S/C32H35N3O6/c1-21(19-40-3)30(31(39)33-27-11-7-10-24(22(27)2)16-17-29(37)38)25-14-12-23(13-15-25)18-35-28(36)20-41-32(34-35)26-8-5-4-6-9-26/h4-15,21,30H,16-20H2,1-3H3,(H,33,39)(H,37,38). The van der Waals surface area contributed by atoms with Crippen molar-refractivity contribution in [2.45, 2.75) is 39.2 Å². The summed E-state index contributed by atoms with van der Waals surface area (Å²) in [6.07, 6.45) is 0.408. The summed E-state index contributed by atoms with van der Waals surface area (Å²) >= 11 is 0. The number of carboxylic acid groups (broad SMARTS) is 1. The molecule has 3 aromatic rings. The molecule has 2 atom stereocenters. The molecule has 0 aromatic heterocycles. The Morgan fingerprint density at radius 1 is 1.07 bits per heavy atom. The maximum absolute atomic E-state index is 13.6. The van der Waals surface area contributed by atoms with Crippen molar-refractivity contribution < 1.29 is 29.0 Å². The summed E-state index contributed by atoms with van der Waals surface area (Å²) in [6.45, 7) is 4.42. The molecule has 41 heavy (non-hydrogen) atoms. The highest BCUT2D eigenvalue weighted by Gasteiger charge is 2.28. The molecule has 1 aliphatic rings. The van der Waals surface area contributed by atoms with Crippen molar-refractivity contribution in [2.24, 2.45) is 11.0 Å². The number of aliphatic carboxylic acids is 1. The number of hydrogen-bond donors (Lipinski definition) is 2. The van der Waals surface area contributed by atoms with Gasteiger partial charge in [-0.1, -0.05) is 61.5 Å². The molecule has 9 nitrogen and oxygen atoms in total. The molecule has 0 fully saturated rings. The molecule has 0 bridgehead atoms. The van der Waals surface area contributed by atoms with Crippen LogP contribution in [0.15, 0.2) is 77.9 Å². The number of carbonyl (C=O) groups excluding carboxylic acids is 2. The number of nitrogens with zero attached hydrogens (tertiary/aromatic N) is 2. The monoisotopic (exact) mass is 557 g/mol. The van der Waals surface area contributed by atoms with Gasteiger partial charge in [0.25, 0.3) is 5.91 Å². The Kier molecular flexibility index (Phi) is 9.86. The van der Waals surface area contributed by atoms with E-state index in [1.54, 1.807) is 7.11 Å². The minimum absolute atomic E-state index is 0.0208. The minimum Gasteiger partial charge on any atom is -0.481 e. The average molecular weight is 558 g/mol. The third kappa shape index (κ3) is 7.58. The van der Waals surface area contributed by atoms with E-state index in [9.17, 15) is 14.4 Å². The van der Waals surface area contributed by atoms with E-state index in [1.807, 2.05) is 86.6 Å². The van der Waals surface area contributed by atoms with Gasteiger partial charge in [-0.25, -0.2) is 5.01 Å². The van der Waals surface area contributed by atoms with Crippen LogP contribution < -0.4 is 5.32 Å². The van der Waals surface area contributed by atoms with Crippen molar-refractivity contribution in [3.8, 4) is 0 Å². The number of carbonyl (C=O) groups is 3. The topological polar surface area (TPSA) is 118 Å². The summed E-state index contributed by atoms with van der Waals surface area (Å²) < 4.78 is 10.9. The van der Waals surface area contributed by atoms with Crippen LogP contribution in [0.5, 0.6) is 0 Å². The van der Waals surface area contributed by atoms with Gasteiger partial charge in [0.15, 0.2) is 6.61 Å². The number of hydrazone groups is 1. The number of methoxy groups -OCH3 is 1. The zero-order chi connectivity index (χ0) is 29.4. The normalized spacial score (nSPS) is 14.6. The van der Waals surface area contributed by atoms with Gasteiger partial charge in [0.2, 0.25) is 11.8 Å². The molecule has 4 rings (SSSR count). The molecule has 0 radical (unpaired) electrons. The zero-order valence-corrected chi connectivity index (χ0v) is 23.5. The van der Waals surface area contributed by atoms with E-state index >= 15 is 0 Å². The first-order chi connectivity index (χ1) is 19.8. The smallest absolute Gasteiger partial charge is 0.303 e. The van der Waals surface area contributed by atoms with E-state index in [0.717, 1.165) is 27.8 Å². The summed E-state index contributed by atoms with van der Waals surface area (Å²) in [6, 6.07) is 22.5. The summed E-state index contributed by atoms with van der Waals surface area (Å²) in [5.41, 5.74) is 4.86. The first-order valence-electron chi connectivity index (χ1n) is 13.5. The lowest BCUT2D eigenvalue weighted by atomic mass is 9.86. The molecule has 0 saturated heterocycles. The Hall–Kier alpha value is -4.50. The average Bonchev–Trinajstić information content (AvgIpc) is 2.96. The second-order valence-electron chi connectivity index (χ2n) is 10.1. The molecule has 2 N–H and O–H groups in total. The number of anilines is 1. The van der Waals surface area contributed by atoms with Crippen LogP contribution in [0.25, 0.3) is 0 Å². The van der Waals surface area contributed by atoms with Crippen molar-refractivity contribution in [3.05, 3.63) is 101 Å². The highest BCUT2D eigenvalue weighted by Crippen LogP contribution is 2.29. The van der Waals surface area contributed by atoms with E-state index in [-0.39, 0.29) is 37.3 Å². The van der Waals surface area contributed by atoms with E-state index in [4.69, 9.17) is 14.6 Å². The molecule has 9 heteroatoms. The Balaban J connectivity index is 1.52. The van der Waals surface area contributed by atoms with Crippen LogP contribution in [0.3, 0.4) is 0 Å². The highest BCUT2D eigenvalue weighted by atomic mass is 16.5. The SMILES string of the molecule is COCC(C)C(C(=O)Nc1cccc(CCC(=O)O)c1C)c1ccc(CN2N=C(c3ccccc3)OCC2=O)cc1. The number of hydrogen-bond acceptors (Lipinski definition) is 6. The van der Waals surface area contributed by atoms with Crippen molar-refractivity contribution >= 4 is 29.4 Å². The zero-order valence-electron chi connectivity index (χ0n) is 23.5. The summed E-state index contributed by atoms with van der Waals surface area (Å²) in [4.78, 5) is 37.2. The van der Waals surface area contributed by atoms with Gasteiger partial charge in [0.05, 0.1) is 12.5 Å². The predicted molar refractivity (Wildman–Crippen MR) is 155 cm³/mol. The first kappa shape index (κ1) is 29.5. The Morgan fingerprint density at radius 2 is 1.80 bits per heavy atom. The van der Waals surface area contributed by atoms with Gasteiger partial charge in [-0.05, 0) is 59.7 Å². The molecule has 1 aliphatic heterocycles. The highest BCUT2D eigenvalue weighted by molar-refractivity contribution is 5.98. The summed E-state index contributed by atoms with van der Waals surface area (Å²) in [7, 11) is 1.61. The Labute approximate surface area is 239 Å². The van der Waals surface area contributed by atoms with Crippen LogP contribution in [0, 0.1) is 12.8 Å². The third-order valence-corrected chi connectivity index (χ3v) is 7.12. The molecule has 2 unspecified atom stereocenters. The number of nitrogens with one attached hydrogen (secondary N) is 1. The number of ether oxygens (including phenoxy) is 2. The van der Waals surface area contributed by atoms with Crippen molar-refractivity contribution in [1.82, 2.24) is 5.01 Å². The van der Waals surface area contributed by atoms with Gasteiger partial charge in [-0.2, -0.15) is 0 Å². The summed E-state index contributed by atoms with van der Waals surface area (Å²) in [5, 5.41) is 17.9. The lowest BCUT2D eigenvalue weighted by molar-refractivity contribution is -0.137. The molecule has 0 saturated carbocycles. The Morgan fingerprint density at radius 3 is 2.49 bits per heavy atom. The van der Waals surface area contributed by atoms with E-state index in [0.29, 0.717) is 24.6 Å². The molecular formula is C32H35N3O6. The van der Waals surface area contributed by atoms with Gasteiger partial charge < -0.3 is 19.9 Å². The van der Waals surface area contributed by atoms with Crippen molar-refractivity contribution in [1.29, 1.82) is 0 Å². The van der Waals surface area contributed by atoms with Gasteiger partial charge >= 0.3 is 5.97 Å². The maximum Gasteiger partial charge on any atom is 0.303 e. The fourth-order valence-electron chi connectivity index (χ4n) is 4.89. The second kappa shape index (κ2) is 13.7. The van der Waals surface area contributed by atoms with Gasteiger partial charge in [0, 0.05) is 31.4 Å². The number of rotatable bonds is 12. The molecule has 2 amide bonds. The number of carboxylic acids is 1.